The van der Waals surface area contributed by atoms with Gasteiger partial charge in [0.1, 0.15) is 4.47 Å². The van der Waals surface area contributed by atoms with Crippen molar-refractivity contribution in [3.05, 3.63) is 39.5 Å². The Labute approximate surface area is 164 Å². The van der Waals surface area contributed by atoms with Gasteiger partial charge in [0.05, 0.1) is 0 Å². The molecule has 1 amide bonds. The van der Waals surface area contributed by atoms with Crippen LogP contribution in [0.4, 0.5) is 14.5 Å². The van der Waals surface area contributed by atoms with Crippen LogP contribution in [0, 0.1) is 0 Å². The van der Waals surface area contributed by atoms with Gasteiger partial charge in [-0.1, -0.05) is 6.07 Å². The highest BCUT2D eigenvalue weighted by atomic mass is 79.9. The molecule has 0 bridgehead atoms. The van der Waals surface area contributed by atoms with E-state index >= 15 is 0 Å². The number of carbonyl (C=O) groups excluding carboxylic acids is 1. The molecule has 146 valence electrons. The van der Waals surface area contributed by atoms with Crippen LogP contribution in [-0.4, -0.2) is 34.8 Å². The van der Waals surface area contributed by atoms with Crippen LogP contribution in [0.2, 0.25) is 0 Å². The second-order valence-corrected chi connectivity index (χ2v) is 7.22. The molecule has 3 rings (SSSR count). The Morgan fingerprint density at radius 1 is 1.48 bits per heavy atom. The minimum absolute atomic E-state index is 0.0841. The third-order valence-electron chi connectivity index (χ3n) is 4.44. The van der Waals surface area contributed by atoms with E-state index in [9.17, 15) is 13.6 Å². The molecule has 1 aliphatic rings. The summed E-state index contributed by atoms with van der Waals surface area (Å²) in [5.74, 6) is -0.328. The lowest BCUT2D eigenvalue weighted by atomic mass is 9.88. The molecule has 3 N–H and O–H groups in total. The lowest BCUT2D eigenvalue weighted by Crippen LogP contribution is -2.27. The van der Waals surface area contributed by atoms with Gasteiger partial charge < -0.3 is 15.8 Å². The highest BCUT2D eigenvalue weighted by Crippen LogP contribution is 2.30. The summed E-state index contributed by atoms with van der Waals surface area (Å²) < 4.78 is 31.6. The number of carbonyl (C=O) groups is 1. The van der Waals surface area contributed by atoms with Crippen molar-refractivity contribution in [3.8, 4) is 5.88 Å². The van der Waals surface area contributed by atoms with Crippen molar-refractivity contribution >= 4 is 27.5 Å². The van der Waals surface area contributed by atoms with Crippen LogP contribution >= 0.6 is 15.9 Å². The van der Waals surface area contributed by atoms with Crippen molar-refractivity contribution in [2.24, 2.45) is 5.73 Å². The predicted molar refractivity (Wildman–Crippen MR) is 101 cm³/mol. The summed E-state index contributed by atoms with van der Waals surface area (Å²) in [5.41, 5.74) is 9.10. The molecule has 1 heterocycles. The number of benzene rings is 1. The molecule has 1 atom stereocenters. The fourth-order valence-electron chi connectivity index (χ4n) is 3.12. The molecule has 2 aromatic rings. The first-order valence-electron chi connectivity index (χ1n) is 8.75. The Kier molecular flexibility index (Phi) is 6.11. The van der Waals surface area contributed by atoms with Gasteiger partial charge in [0.2, 0.25) is 5.88 Å². The van der Waals surface area contributed by atoms with Crippen molar-refractivity contribution in [1.29, 1.82) is 0 Å². The number of nitrogens with two attached hydrogens (primary N) is 1. The number of aromatic nitrogens is 2. The van der Waals surface area contributed by atoms with E-state index in [-0.39, 0.29) is 22.1 Å². The van der Waals surface area contributed by atoms with E-state index in [1.54, 1.807) is 6.92 Å². The number of aryl methyl sites for hydroxylation is 2. The second-order valence-electron chi connectivity index (χ2n) is 6.43. The first-order valence-corrected chi connectivity index (χ1v) is 9.54. The second kappa shape index (κ2) is 8.35. The van der Waals surface area contributed by atoms with Crippen molar-refractivity contribution in [3.63, 3.8) is 0 Å². The summed E-state index contributed by atoms with van der Waals surface area (Å²) in [6.07, 6.45) is 0.0145. The SMILES string of the molecule is CCn1nc(C(=O)Nc2ccc3c(c2)CCC(N)C3)c(Br)c1OCC(F)F. The van der Waals surface area contributed by atoms with Crippen LogP contribution in [0.25, 0.3) is 0 Å². The molecular formula is C18H21BrF2N4O2. The normalized spacial score (nSPS) is 16.3. The van der Waals surface area contributed by atoms with Crippen molar-refractivity contribution < 1.29 is 18.3 Å². The zero-order valence-corrected chi connectivity index (χ0v) is 16.4. The number of anilines is 1. The zero-order chi connectivity index (χ0) is 19.6. The van der Waals surface area contributed by atoms with E-state index in [1.807, 2.05) is 18.2 Å². The summed E-state index contributed by atoms with van der Waals surface area (Å²) in [5, 5.41) is 6.98. The summed E-state index contributed by atoms with van der Waals surface area (Å²) in [6, 6.07) is 5.92. The van der Waals surface area contributed by atoms with Crippen molar-refractivity contribution in [1.82, 2.24) is 9.78 Å². The van der Waals surface area contributed by atoms with Crippen LogP contribution in [0.3, 0.4) is 0 Å². The van der Waals surface area contributed by atoms with E-state index in [2.05, 4.69) is 26.3 Å². The zero-order valence-electron chi connectivity index (χ0n) is 14.8. The van der Waals surface area contributed by atoms with E-state index < -0.39 is 18.9 Å². The Balaban J connectivity index is 1.78. The number of nitrogens with one attached hydrogen (secondary N) is 1. The van der Waals surface area contributed by atoms with Gasteiger partial charge in [-0.25, -0.2) is 13.5 Å². The molecular weight excluding hydrogens is 422 g/mol. The first kappa shape index (κ1) is 19.8. The molecule has 0 spiro atoms. The number of ether oxygens (including phenoxy) is 1. The summed E-state index contributed by atoms with van der Waals surface area (Å²) in [7, 11) is 0. The fourth-order valence-corrected chi connectivity index (χ4v) is 3.69. The third-order valence-corrected chi connectivity index (χ3v) is 5.16. The minimum Gasteiger partial charge on any atom is -0.471 e. The minimum atomic E-state index is -2.61. The fraction of sp³-hybridized carbons (Fsp3) is 0.444. The van der Waals surface area contributed by atoms with E-state index in [0.29, 0.717) is 12.2 Å². The number of amides is 1. The molecule has 0 saturated heterocycles. The number of hydrogen-bond donors (Lipinski definition) is 2. The quantitative estimate of drug-likeness (QED) is 0.718. The number of nitrogens with zero attached hydrogens (tertiary/aromatic N) is 2. The maximum atomic E-state index is 12.6. The molecule has 1 aromatic carbocycles. The van der Waals surface area contributed by atoms with Crippen molar-refractivity contribution in [2.45, 2.75) is 45.2 Å². The third kappa shape index (κ3) is 4.47. The average molecular weight is 443 g/mol. The predicted octanol–water partition coefficient (Wildman–Crippen LogP) is 3.38. The molecule has 0 aliphatic heterocycles. The number of fused-ring (bicyclic) bond motifs is 1. The lowest BCUT2D eigenvalue weighted by Gasteiger charge is -2.22. The smallest absolute Gasteiger partial charge is 0.277 e. The molecule has 1 aliphatic carbocycles. The summed E-state index contributed by atoms with van der Waals surface area (Å²) >= 11 is 3.25. The van der Waals surface area contributed by atoms with Gasteiger partial charge in [-0.3, -0.25) is 4.79 Å². The standard InChI is InChI=1S/C18H21BrF2N4O2/c1-2-25-18(27-9-14(20)21)15(19)16(24-25)17(26)23-13-6-4-10-7-12(22)5-3-11(10)8-13/h4,6,8,12,14H,2-3,5,7,9,22H2,1H3,(H,23,26). The van der Waals surface area contributed by atoms with E-state index in [0.717, 1.165) is 19.3 Å². The van der Waals surface area contributed by atoms with Crippen molar-refractivity contribution in [2.75, 3.05) is 11.9 Å². The molecule has 9 heteroatoms. The highest BCUT2D eigenvalue weighted by Gasteiger charge is 2.24. The van der Waals surface area contributed by atoms with Crippen LogP contribution < -0.4 is 15.8 Å². The van der Waals surface area contributed by atoms with Gasteiger partial charge >= 0.3 is 0 Å². The lowest BCUT2D eigenvalue weighted by molar-refractivity contribution is 0.0765. The molecule has 27 heavy (non-hydrogen) atoms. The largest absolute Gasteiger partial charge is 0.471 e. The van der Waals surface area contributed by atoms with Gasteiger partial charge in [0.25, 0.3) is 12.3 Å². The van der Waals surface area contributed by atoms with Gasteiger partial charge in [-0.2, -0.15) is 5.10 Å². The van der Waals surface area contributed by atoms with E-state index in [1.165, 1.54) is 15.8 Å². The van der Waals surface area contributed by atoms with Gasteiger partial charge in [0.15, 0.2) is 12.3 Å². The monoisotopic (exact) mass is 442 g/mol. The maximum Gasteiger partial charge on any atom is 0.277 e. The molecule has 0 fully saturated rings. The van der Waals surface area contributed by atoms with Gasteiger partial charge in [0, 0.05) is 18.3 Å². The Morgan fingerprint density at radius 3 is 2.96 bits per heavy atom. The molecule has 1 unspecified atom stereocenters. The molecule has 0 radical (unpaired) electrons. The highest BCUT2D eigenvalue weighted by molar-refractivity contribution is 9.10. The topological polar surface area (TPSA) is 82.2 Å². The Hall–Kier alpha value is -2.00. The average Bonchev–Trinajstić information content (AvgIpc) is 2.96. The maximum absolute atomic E-state index is 12.6. The Morgan fingerprint density at radius 2 is 2.26 bits per heavy atom. The number of hydrogen-bond acceptors (Lipinski definition) is 4. The summed E-state index contributed by atoms with van der Waals surface area (Å²) in [4.78, 5) is 12.6. The number of alkyl halides is 2. The Bertz CT molecular complexity index is 841. The van der Waals surface area contributed by atoms with Crippen LogP contribution in [0.15, 0.2) is 22.7 Å². The van der Waals surface area contributed by atoms with Gasteiger partial charge in [-0.15, -0.1) is 0 Å². The number of rotatable bonds is 6. The molecule has 0 saturated carbocycles. The van der Waals surface area contributed by atoms with Crippen LogP contribution in [0.5, 0.6) is 5.88 Å². The summed E-state index contributed by atoms with van der Waals surface area (Å²) in [6.45, 7) is 1.40. The van der Waals surface area contributed by atoms with Crippen LogP contribution in [0.1, 0.15) is 35.0 Å². The van der Waals surface area contributed by atoms with E-state index in [4.69, 9.17) is 10.5 Å². The molecule has 1 aromatic heterocycles. The first-order chi connectivity index (χ1) is 12.9. The van der Waals surface area contributed by atoms with Crippen LogP contribution in [-0.2, 0) is 19.4 Å². The number of halogens is 3. The van der Waals surface area contributed by atoms with Gasteiger partial charge in [-0.05, 0) is 65.4 Å². The molecule has 6 nitrogen and oxygen atoms in total.